The van der Waals surface area contributed by atoms with Gasteiger partial charge in [-0.25, -0.2) is 4.79 Å². The number of fused-ring (bicyclic) bond motifs is 3. The number of ether oxygens (including phenoxy) is 1. The van der Waals surface area contributed by atoms with Crippen LogP contribution in [0.4, 0.5) is 10.5 Å². The number of benzene rings is 3. The Morgan fingerprint density at radius 2 is 1.50 bits per heavy atom. The SMILES string of the molecule is C#Cc1ccccc1NC(=O)OCC1c2ccccc2-c2ccccc21. The lowest BCUT2D eigenvalue weighted by atomic mass is 9.98. The van der Waals surface area contributed by atoms with E-state index in [9.17, 15) is 4.79 Å². The van der Waals surface area contributed by atoms with Crippen LogP contribution >= 0.6 is 0 Å². The third kappa shape index (κ3) is 2.82. The van der Waals surface area contributed by atoms with Crippen molar-refractivity contribution >= 4 is 11.8 Å². The van der Waals surface area contributed by atoms with E-state index >= 15 is 0 Å². The second kappa shape index (κ2) is 6.78. The van der Waals surface area contributed by atoms with Crippen molar-refractivity contribution in [3.05, 3.63) is 89.5 Å². The summed E-state index contributed by atoms with van der Waals surface area (Å²) in [5.41, 5.74) is 5.98. The van der Waals surface area contributed by atoms with Crippen molar-refractivity contribution < 1.29 is 9.53 Å². The van der Waals surface area contributed by atoms with Crippen molar-refractivity contribution in [2.45, 2.75) is 5.92 Å². The van der Waals surface area contributed by atoms with Gasteiger partial charge in [0, 0.05) is 11.5 Å². The smallest absolute Gasteiger partial charge is 0.411 e. The Morgan fingerprint density at radius 3 is 2.15 bits per heavy atom. The van der Waals surface area contributed by atoms with Gasteiger partial charge in [-0.3, -0.25) is 5.32 Å². The predicted octanol–water partition coefficient (Wildman–Crippen LogP) is 5.03. The molecule has 0 aliphatic heterocycles. The first-order valence-corrected chi connectivity index (χ1v) is 8.45. The zero-order valence-electron chi connectivity index (χ0n) is 14.1. The number of rotatable bonds is 3. The predicted molar refractivity (Wildman–Crippen MR) is 103 cm³/mol. The van der Waals surface area contributed by atoms with Gasteiger partial charge in [0.1, 0.15) is 6.61 Å². The Hall–Kier alpha value is -3.51. The average molecular weight is 339 g/mol. The Balaban J connectivity index is 1.52. The molecule has 0 unspecified atom stereocenters. The van der Waals surface area contributed by atoms with Crippen LogP contribution in [0.2, 0.25) is 0 Å². The molecule has 3 aromatic carbocycles. The van der Waals surface area contributed by atoms with Crippen LogP contribution in [0.1, 0.15) is 22.6 Å². The highest BCUT2D eigenvalue weighted by atomic mass is 16.5. The number of carbonyl (C=O) groups excluding carboxylic acids is 1. The molecule has 1 N–H and O–H groups in total. The summed E-state index contributed by atoms with van der Waals surface area (Å²) in [5.74, 6) is 2.59. The molecule has 0 spiro atoms. The molecule has 3 nitrogen and oxygen atoms in total. The second-order valence-electron chi connectivity index (χ2n) is 6.14. The standard InChI is InChI=1S/C23H17NO2/c1-2-16-9-3-8-14-22(16)24-23(25)26-15-21-19-12-6-4-10-17(19)18-11-5-7-13-20(18)21/h1,3-14,21H,15H2,(H,24,25). The molecule has 3 heteroatoms. The second-order valence-corrected chi connectivity index (χ2v) is 6.14. The molecule has 0 bridgehead atoms. The largest absolute Gasteiger partial charge is 0.448 e. The van der Waals surface area contributed by atoms with Crippen molar-refractivity contribution in [1.82, 2.24) is 0 Å². The van der Waals surface area contributed by atoms with Crippen molar-refractivity contribution in [2.24, 2.45) is 0 Å². The summed E-state index contributed by atoms with van der Waals surface area (Å²) in [5, 5.41) is 2.73. The Morgan fingerprint density at radius 1 is 0.923 bits per heavy atom. The number of terminal acetylenes is 1. The number of para-hydroxylation sites is 1. The summed E-state index contributed by atoms with van der Waals surface area (Å²) >= 11 is 0. The van der Waals surface area contributed by atoms with Gasteiger partial charge in [0.25, 0.3) is 0 Å². The Bertz CT molecular complexity index is 971. The van der Waals surface area contributed by atoms with Gasteiger partial charge in [-0.1, -0.05) is 66.6 Å². The van der Waals surface area contributed by atoms with Gasteiger partial charge in [0.05, 0.1) is 5.69 Å². The fourth-order valence-electron chi connectivity index (χ4n) is 3.46. The molecule has 26 heavy (non-hydrogen) atoms. The summed E-state index contributed by atoms with van der Waals surface area (Å²) in [6.45, 7) is 0.276. The monoisotopic (exact) mass is 339 g/mol. The minimum atomic E-state index is -0.505. The average Bonchev–Trinajstić information content (AvgIpc) is 3.01. The molecule has 1 amide bonds. The van der Waals surface area contributed by atoms with E-state index in [0.717, 1.165) is 0 Å². The molecule has 1 aliphatic carbocycles. The highest BCUT2D eigenvalue weighted by Crippen LogP contribution is 2.44. The van der Waals surface area contributed by atoms with Crippen LogP contribution in [-0.2, 0) is 4.74 Å². The van der Waals surface area contributed by atoms with Gasteiger partial charge in [-0.05, 0) is 34.4 Å². The van der Waals surface area contributed by atoms with Gasteiger partial charge >= 0.3 is 6.09 Å². The van der Waals surface area contributed by atoms with Crippen LogP contribution in [0.5, 0.6) is 0 Å². The maximum Gasteiger partial charge on any atom is 0.411 e. The molecular weight excluding hydrogens is 322 g/mol. The summed E-state index contributed by atoms with van der Waals surface area (Å²) in [6.07, 6.45) is 4.96. The summed E-state index contributed by atoms with van der Waals surface area (Å²) in [6, 6.07) is 23.7. The number of hydrogen-bond acceptors (Lipinski definition) is 2. The maximum absolute atomic E-state index is 12.3. The molecule has 0 radical (unpaired) electrons. The van der Waals surface area contributed by atoms with Gasteiger partial charge < -0.3 is 4.74 Å². The van der Waals surface area contributed by atoms with Crippen molar-refractivity contribution in [3.8, 4) is 23.5 Å². The highest BCUT2D eigenvalue weighted by molar-refractivity contribution is 5.87. The summed E-state index contributed by atoms with van der Waals surface area (Å²) in [7, 11) is 0. The van der Waals surface area contributed by atoms with E-state index in [2.05, 4.69) is 35.5 Å². The van der Waals surface area contributed by atoms with E-state index in [1.165, 1.54) is 22.3 Å². The number of hydrogen-bond donors (Lipinski definition) is 1. The zero-order valence-corrected chi connectivity index (χ0v) is 14.1. The van der Waals surface area contributed by atoms with Crippen molar-refractivity contribution in [3.63, 3.8) is 0 Å². The molecular formula is C23H17NO2. The number of nitrogens with one attached hydrogen (secondary N) is 1. The lowest BCUT2D eigenvalue weighted by Gasteiger charge is -2.15. The first kappa shape index (κ1) is 16.0. The van der Waals surface area contributed by atoms with Gasteiger partial charge in [-0.2, -0.15) is 0 Å². The van der Waals surface area contributed by atoms with Gasteiger partial charge in [-0.15, -0.1) is 6.42 Å². The lowest BCUT2D eigenvalue weighted by molar-refractivity contribution is 0.158. The minimum absolute atomic E-state index is 0.0380. The van der Waals surface area contributed by atoms with Crippen LogP contribution in [0.3, 0.4) is 0 Å². The van der Waals surface area contributed by atoms with E-state index in [1.807, 2.05) is 36.4 Å². The van der Waals surface area contributed by atoms with E-state index in [4.69, 9.17) is 11.2 Å². The van der Waals surface area contributed by atoms with Gasteiger partial charge in [0.2, 0.25) is 0 Å². The van der Waals surface area contributed by atoms with Crippen LogP contribution in [0.15, 0.2) is 72.8 Å². The van der Waals surface area contributed by atoms with E-state index in [1.54, 1.807) is 12.1 Å². The third-order valence-corrected chi connectivity index (χ3v) is 4.66. The molecule has 0 saturated heterocycles. The molecule has 0 atom stereocenters. The van der Waals surface area contributed by atoms with E-state index in [0.29, 0.717) is 11.3 Å². The number of anilines is 1. The fourth-order valence-corrected chi connectivity index (χ4v) is 3.46. The highest BCUT2D eigenvalue weighted by Gasteiger charge is 2.29. The van der Waals surface area contributed by atoms with Crippen LogP contribution < -0.4 is 5.32 Å². The molecule has 3 aromatic rings. The van der Waals surface area contributed by atoms with Crippen LogP contribution in [0, 0.1) is 12.3 Å². The maximum atomic E-state index is 12.3. The summed E-state index contributed by atoms with van der Waals surface area (Å²) < 4.78 is 5.52. The molecule has 0 aromatic heterocycles. The minimum Gasteiger partial charge on any atom is -0.448 e. The van der Waals surface area contributed by atoms with Crippen molar-refractivity contribution in [2.75, 3.05) is 11.9 Å². The molecule has 126 valence electrons. The number of carbonyl (C=O) groups is 1. The molecule has 4 rings (SSSR count). The van der Waals surface area contributed by atoms with Gasteiger partial charge in [0.15, 0.2) is 0 Å². The van der Waals surface area contributed by atoms with Crippen LogP contribution in [-0.4, -0.2) is 12.7 Å². The number of amides is 1. The topological polar surface area (TPSA) is 38.3 Å². The van der Waals surface area contributed by atoms with E-state index < -0.39 is 6.09 Å². The Kier molecular flexibility index (Phi) is 4.17. The Labute approximate surface area is 152 Å². The molecule has 0 fully saturated rings. The first-order valence-electron chi connectivity index (χ1n) is 8.45. The quantitative estimate of drug-likeness (QED) is 0.680. The zero-order chi connectivity index (χ0) is 17.9. The molecule has 0 saturated carbocycles. The molecule has 1 aliphatic rings. The first-order chi connectivity index (χ1) is 12.8. The lowest BCUT2D eigenvalue weighted by Crippen LogP contribution is -2.18. The van der Waals surface area contributed by atoms with Crippen molar-refractivity contribution in [1.29, 1.82) is 0 Å². The fraction of sp³-hybridized carbons (Fsp3) is 0.0870. The van der Waals surface area contributed by atoms with Crippen LogP contribution in [0.25, 0.3) is 11.1 Å². The van der Waals surface area contributed by atoms with E-state index in [-0.39, 0.29) is 12.5 Å². The molecule has 0 heterocycles. The third-order valence-electron chi connectivity index (χ3n) is 4.66. The normalized spacial score (nSPS) is 12.0. The summed E-state index contributed by atoms with van der Waals surface area (Å²) in [4.78, 5) is 12.3.